The summed E-state index contributed by atoms with van der Waals surface area (Å²) in [7, 11) is 3.11. The number of amides is 1. The van der Waals surface area contributed by atoms with Gasteiger partial charge in [0.25, 0.3) is 0 Å². The van der Waals surface area contributed by atoms with E-state index in [9.17, 15) is 13.2 Å². The first kappa shape index (κ1) is 16.9. The lowest BCUT2D eigenvalue weighted by atomic mass is 10.1. The van der Waals surface area contributed by atoms with Crippen molar-refractivity contribution >= 4 is 58.9 Å². The zero-order valence-corrected chi connectivity index (χ0v) is 14.9. The molecule has 1 aliphatic heterocycles. The maximum Gasteiger partial charge on any atom is 0.232 e. The van der Waals surface area contributed by atoms with Crippen LogP contribution >= 0.6 is 38.2 Å². The van der Waals surface area contributed by atoms with Crippen LogP contribution in [0.25, 0.3) is 0 Å². The fourth-order valence-electron chi connectivity index (χ4n) is 2.29. The summed E-state index contributed by atoms with van der Waals surface area (Å²) < 4.78 is 28.1. The molecule has 1 atom stereocenters. The highest BCUT2D eigenvalue weighted by molar-refractivity contribution is 9.10. The molecule has 0 bridgehead atoms. The number of hydrogen-bond acceptors (Lipinski definition) is 4. The van der Waals surface area contributed by atoms with Crippen LogP contribution in [0.15, 0.2) is 16.6 Å². The van der Waals surface area contributed by atoms with E-state index >= 15 is 0 Å². The van der Waals surface area contributed by atoms with Crippen molar-refractivity contribution in [1.82, 2.24) is 0 Å². The van der Waals surface area contributed by atoms with E-state index in [1.54, 1.807) is 12.1 Å². The minimum atomic E-state index is -3.64. The number of ether oxygens (including phenoxy) is 1. The summed E-state index contributed by atoms with van der Waals surface area (Å²) in [5, 5.41) is 0.380. The topological polar surface area (TPSA) is 63.7 Å². The summed E-state index contributed by atoms with van der Waals surface area (Å²) in [5.41, 5.74) is 0.496. The molecule has 1 aromatic carbocycles. The molecular weight excluding hydrogens is 405 g/mol. The van der Waals surface area contributed by atoms with Gasteiger partial charge in [-0.1, -0.05) is 11.6 Å². The van der Waals surface area contributed by atoms with Crippen molar-refractivity contribution in [3.63, 3.8) is 0 Å². The van der Waals surface area contributed by atoms with Crippen LogP contribution in [-0.2, 0) is 13.8 Å². The van der Waals surface area contributed by atoms with Crippen LogP contribution in [0.5, 0.6) is 5.75 Å². The third-order valence-electron chi connectivity index (χ3n) is 3.15. The smallest absolute Gasteiger partial charge is 0.232 e. The highest BCUT2D eigenvalue weighted by Crippen LogP contribution is 2.38. The van der Waals surface area contributed by atoms with Gasteiger partial charge in [-0.2, -0.15) is 0 Å². The van der Waals surface area contributed by atoms with Crippen LogP contribution in [0, 0.1) is 5.92 Å². The fraction of sp³-hybridized carbons (Fsp3) is 0.417. The normalized spacial score (nSPS) is 19.1. The van der Waals surface area contributed by atoms with Crippen molar-refractivity contribution in [1.29, 1.82) is 0 Å². The number of nitrogens with zero attached hydrogens (tertiary/aromatic N) is 1. The molecule has 116 valence electrons. The maximum atomic E-state index is 12.1. The average molecular weight is 417 g/mol. The molecule has 0 aliphatic carbocycles. The molecule has 0 aromatic heterocycles. The van der Waals surface area contributed by atoms with Gasteiger partial charge in [-0.05, 0) is 22.0 Å². The number of halogens is 3. The molecule has 0 radical (unpaired) electrons. The number of carbonyl (C=O) groups excluding carboxylic acids is 1. The zero-order chi connectivity index (χ0) is 15.8. The van der Waals surface area contributed by atoms with Crippen molar-refractivity contribution in [3.05, 3.63) is 21.6 Å². The Morgan fingerprint density at radius 2 is 2.14 bits per heavy atom. The molecule has 1 amide bonds. The Bertz CT molecular complexity index is 680. The number of carbonyl (C=O) groups is 1. The number of rotatable bonds is 4. The molecule has 0 N–H and O–H groups in total. The predicted octanol–water partition coefficient (Wildman–Crippen LogP) is 3.03. The molecular formula is C12H12BrCl2NO4S. The van der Waals surface area contributed by atoms with Crippen LogP contribution in [0.3, 0.4) is 0 Å². The summed E-state index contributed by atoms with van der Waals surface area (Å²) in [6.07, 6.45) is 0.126. The summed E-state index contributed by atoms with van der Waals surface area (Å²) in [4.78, 5) is 13.5. The Morgan fingerprint density at radius 1 is 1.48 bits per heavy atom. The van der Waals surface area contributed by atoms with Crippen LogP contribution in [0.4, 0.5) is 5.69 Å². The molecule has 1 unspecified atom stereocenters. The summed E-state index contributed by atoms with van der Waals surface area (Å²) >= 11 is 9.47. The van der Waals surface area contributed by atoms with Crippen molar-refractivity contribution in [2.24, 2.45) is 5.92 Å². The van der Waals surface area contributed by atoms with E-state index in [0.29, 0.717) is 20.9 Å². The Hall–Kier alpha value is -0.500. The quantitative estimate of drug-likeness (QED) is 0.707. The van der Waals surface area contributed by atoms with Crippen molar-refractivity contribution in [2.45, 2.75) is 6.42 Å². The zero-order valence-electron chi connectivity index (χ0n) is 11.0. The van der Waals surface area contributed by atoms with Crippen molar-refractivity contribution in [2.75, 3.05) is 24.3 Å². The molecule has 0 spiro atoms. The number of benzene rings is 1. The van der Waals surface area contributed by atoms with Gasteiger partial charge in [0.05, 0.1) is 28.0 Å². The molecule has 21 heavy (non-hydrogen) atoms. The van der Waals surface area contributed by atoms with E-state index in [4.69, 9.17) is 27.0 Å². The molecule has 1 saturated heterocycles. The molecule has 5 nitrogen and oxygen atoms in total. The highest BCUT2D eigenvalue weighted by Gasteiger charge is 2.34. The second-order valence-corrected chi connectivity index (χ2v) is 8.80. The van der Waals surface area contributed by atoms with Crippen LogP contribution in [0.1, 0.15) is 6.42 Å². The molecule has 1 heterocycles. The first-order valence-corrected chi connectivity index (χ1v) is 9.62. The standard InChI is InChI=1S/C12H12BrCl2NO4S/c1-20-11-4-10(9(14)3-8(11)13)16-5-7(2-12(16)17)6-21(15,18)19/h3-4,7H,2,5-6H2,1H3. The molecule has 1 aromatic rings. The van der Waals surface area contributed by atoms with Gasteiger partial charge in [0.1, 0.15) is 5.75 Å². The minimum absolute atomic E-state index is 0.126. The maximum absolute atomic E-state index is 12.1. The lowest BCUT2D eigenvalue weighted by Crippen LogP contribution is -2.25. The van der Waals surface area contributed by atoms with E-state index in [1.807, 2.05) is 0 Å². The Labute approximate surface area is 140 Å². The van der Waals surface area contributed by atoms with Gasteiger partial charge >= 0.3 is 0 Å². The van der Waals surface area contributed by atoms with E-state index in [-0.39, 0.29) is 30.5 Å². The monoisotopic (exact) mass is 415 g/mol. The van der Waals surface area contributed by atoms with Gasteiger partial charge in [0.2, 0.25) is 15.0 Å². The second kappa shape index (κ2) is 6.32. The molecule has 2 rings (SSSR count). The van der Waals surface area contributed by atoms with Crippen LogP contribution in [-0.4, -0.2) is 33.7 Å². The van der Waals surface area contributed by atoms with E-state index < -0.39 is 9.05 Å². The summed E-state index contributed by atoms with van der Waals surface area (Å²) in [6, 6.07) is 3.27. The van der Waals surface area contributed by atoms with Crippen molar-refractivity contribution < 1.29 is 17.9 Å². The average Bonchev–Trinajstić information content (AvgIpc) is 2.68. The number of methoxy groups -OCH3 is 1. The lowest BCUT2D eigenvalue weighted by Gasteiger charge is -2.19. The minimum Gasteiger partial charge on any atom is -0.495 e. The van der Waals surface area contributed by atoms with Gasteiger partial charge in [-0.3, -0.25) is 4.79 Å². The van der Waals surface area contributed by atoms with Gasteiger partial charge in [-0.15, -0.1) is 0 Å². The third-order valence-corrected chi connectivity index (χ3v) is 5.32. The van der Waals surface area contributed by atoms with Gasteiger partial charge in [0, 0.05) is 35.6 Å². The molecule has 1 aliphatic rings. The Morgan fingerprint density at radius 3 is 2.71 bits per heavy atom. The first-order chi connectivity index (χ1) is 9.71. The summed E-state index contributed by atoms with van der Waals surface area (Å²) in [6.45, 7) is 0.259. The lowest BCUT2D eigenvalue weighted by molar-refractivity contribution is -0.117. The third kappa shape index (κ3) is 4.03. The number of hydrogen-bond donors (Lipinski definition) is 0. The first-order valence-electron chi connectivity index (χ1n) is 5.97. The fourth-order valence-corrected chi connectivity index (χ4v) is 4.51. The van der Waals surface area contributed by atoms with Gasteiger partial charge in [-0.25, -0.2) is 8.42 Å². The van der Waals surface area contributed by atoms with E-state index in [2.05, 4.69) is 15.9 Å². The van der Waals surface area contributed by atoms with Crippen molar-refractivity contribution in [3.8, 4) is 5.75 Å². The van der Waals surface area contributed by atoms with Crippen LogP contribution in [0.2, 0.25) is 5.02 Å². The van der Waals surface area contributed by atoms with E-state index in [0.717, 1.165) is 0 Å². The van der Waals surface area contributed by atoms with Crippen LogP contribution < -0.4 is 9.64 Å². The molecule has 1 fully saturated rings. The predicted molar refractivity (Wildman–Crippen MR) is 85.8 cm³/mol. The molecule has 9 heteroatoms. The number of anilines is 1. The van der Waals surface area contributed by atoms with Gasteiger partial charge < -0.3 is 9.64 Å². The largest absolute Gasteiger partial charge is 0.495 e. The summed E-state index contributed by atoms with van der Waals surface area (Å²) in [5.74, 6) is -0.227. The Kier molecular flexibility index (Phi) is 5.07. The SMILES string of the molecule is COc1cc(N2CC(CS(=O)(=O)Cl)CC2=O)c(Cl)cc1Br. The van der Waals surface area contributed by atoms with Gasteiger partial charge in [0.15, 0.2) is 0 Å². The second-order valence-electron chi connectivity index (χ2n) is 4.72. The van der Waals surface area contributed by atoms with E-state index in [1.165, 1.54) is 12.0 Å². The molecule has 0 saturated carbocycles. The highest BCUT2D eigenvalue weighted by atomic mass is 79.9. The Balaban J connectivity index is 2.29.